The summed E-state index contributed by atoms with van der Waals surface area (Å²) in [6.07, 6.45) is 4.16. The summed E-state index contributed by atoms with van der Waals surface area (Å²) in [5.41, 5.74) is 1.76. The van der Waals surface area contributed by atoms with Gasteiger partial charge in [-0.05, 0) is 38.0 Å². The second-order valence-electron chi connectivity index (χ2n) is 4.45. The van der Waals surface area contributed by atoms with Crippen molar-refractivity contribution in [2.45, 2.75) is 31.8 Å². The van der Waals surface area contributed by atoms with Crippen LogP contribution in [0.4, 0.5) is 15.8 Å². The van der Waals surface area contributed by atoms with Crippen LogP contribution in [-0.2, 0) is 0 Å². The molecule has 0 bridgehead atoms. The number of rotatable bonds is 5. The third kappa shape index (κ3) is 3.44. The van der Waals surface area contributed by atoms with E-state index >= 15 is 0 Å². The SMILES string of the molecule is CN=CC(C)Nc1ccc(F)cc1NC1CC1. The quantitative estimate of drug-likeness (QED) is 0.770. The van der Waals surface area contributed by atoms with Gasteiger partial charge in [-0.15, -0.1) is 0 Å². The van der Waals surface area contributed by atoms with Gasteiger partial charge < -0.3 is 10.6 Å². The highest BCUT2D eigenvalue weighted by atomic mass is 19.1. The Morgan fingerprint density at radius 3 is 2.82 bits per heavy atom. The molecule has 2 N–H and O–H groups in total. The highest BCUT2D eigenvalue weighted by Gasteiger charge is 2.22. The first-order chi connectivity index (χ1) is 8.19. The molecule has 0 spiro atoms. The maximum Gasteiger partial charge on any atom is 0.125 e. The van der Waals surface area contributed by atoms with Crippen LogP contribution in [0.3, 0.4) is 0 Å². The molecule has 1 aliphatic carbocycles. The predicted octanol–water partition coefficient (Wildman–Crippen LogP) is 2.90. The molecule has 3 nitrogen and oxygen atoms in total. The van der Waals surface area contributed by atoms with Gasteiger partial charge in [-0.3, -0.25) is 4.99 Å². The molecule has 1 saturated carbocycles. The largest absolute Gasteiger partial charge is 0.381 e. The number of aliphatic imine (C=N–C) groups is 1. The van der Waals surface area contributed by atoms with E-state index < -0.39 is 0 Å². The van der Waals surface area contributed by atoms with Gasteiger partial charge in [0.25, 0.3) is 0 Å². The average Bonchev–Trinajstić information content (AvgIpc) is 3.06. The molecule has 1 unspecified atom stereocenters. The molecule has 1 atom stereocenters. The van der Waals surface area contributed by atoms with Crippen LogP contribution in [0.15, 0.2) is 23.2 Å². The van der Waals surface area contributed by atoms with Crippen LogP contribution in [0.2, 0.25) is 0 Å². The van der Waals surface area contributed by atoms with Crippen molar-refractivity contribution >= 4 is 17.6 Å². The molecule has 17 heavy (non-hydrogen) atoms. The van der Waals surface area contributed by atoms with E-state index in [0.717, 1.165) is 11.4 Å². The summed E-state index contributed by atoms with van der Waals surface area (Å²) in [6, 6.07) is 5.41. The third-order valence-electron chi connectivity index (χ3n) is 2.67. The first-order valence-electron chi connectivity index (χ1n) is 5.94. The number of nitrogens with one attached hydrogen (secondary N) is 2. The number of halogens is 1. The number of hydrogen-bond acceptors (Lipinski definition) is 3. The Kier molecular flexibility index (Phi) is 3.61. The van der Waals surface area contributed by atoms with Gasteiger partial charge in [0.15, 0.2) is 0 Å². The molecule has 0 saturated heterocycles. The summed E-state index contributed by atoms with van der Waals surface area (Å²) < 4.78 is 13.2. The zero-order chi connectivity index (χ0) is 12.3. The van der Waals surface area contributed by atoms with Crippen LogP contribution in [-0.4, -0.2) is 25.3 Å². The maximum absolute atomic E-state index is 13.2. The minimum Gasteiger partial charge on any atom is -0.381 e. The van der Waals surface area contributed by atoms with Crippen LogP contribution in [0.1, 0.15) is 19.8 Å². The number of benzene rings is 1. The van der Waals surface area contributed by atoms with Gasteiger partial charge in [0.05, 0.1) is 17.4 Å². The molecule has 0 amide bonds. The van der Waals surface area contributed by atoms with Crippen molar-refractivity contribution in [3.8, 4) is 0 Å². The highest BCUT2D eigenvalue weighted by molar-refractivity contribution is 5.75. The molecule has 92 valence electrons. The average molecular weight is 235 g/mol. The van der Waals surface area contributed by atoms with Crippen molar-refractivity contribution in [1.29, 1.82) is 0 Å². The van der Waals surface area contributed by atoms with Crippen LogP contribution < -0.4 is 10.6 Å². The van der Waals surface area contributed by atoms with E-state index in [4.69, 9.17) is 0 Å². The lowest BCUT2D eigenvalue weighted by molar-refractivity contribution is 0.628. The first kappa shape index (κ1) is 11.9. The highest BCUT2D eigenvalue weighted by Crippen LogP contribution is 2.30. The van der Waals surface area contributed by atoms with E-state index in [1.165, 1.54) is 25.0 Å². The van der Waals surface area contributed by atoms with E-state index in [-0.39, 0.29) is 11.9 Å². The van der Waals surface area contributed by atoms with E-state index in [0.29, 0.717) is 6.04 Å². The van der Waals surface area contributed by atoms with Crippen molar-refractivity contribution < 1.29 is 4.39 Å². The lowest BCUT2D eigenvalue weighted by atomic mass is 10.2. The Hall–Kier alpha value is -1.58. The third-order valence-corrected chi connectivity index (χ3v) is 2.67. The second-order valence-corrected chi connectivity index (χ2v) is 4.45. The van der Waals surface area contributed by atoms with Gasteiger partial charge in [-0.2, -0.15) is 0 Å². The summed E-state index contributed by atoms with van der Waals surface area (Å²) in [5.74, 6) is -0.212. The lowest BCUT2D eigenvalue weighted by Gasteiger charge is -2.16. The summed E-state index contributed by atoms with van der Waals surface area (Å²) in [4.78, 5) is 3.97. The monoisotopic (exact) mass is 235 g/mol. The Balaban J connectivity index is 2.12. The summed E-state index contributed by atoms with van der Waals surface area (Å²) in [7, 11) is 1.74. The summed E-state index contributed by atoms with van der Waals surface area (Å²) in [5, 5.41) is 6.62. The van der Waals surface area contributed by atoms with Gasteiger partial charge in [0.2, 0.25) is 0 Å². The van der Waals surface area contributed by atoms with Crippen molar-refractivity contribution in [2.24, 2.45) is 4.99 Å². The van der Waals surface area contributed by atoms with Crippen LogP contribution >= 0.6 is 0 Å². The van der Waals surface area contributed by atoms with Crippen molar-refractivity contribution in [3.63, 3.8) is 0 Å². The minimum absolute atomic E-state index is 0.130. The van der Waals surface area contributed by atoms with Gasteiger partial charge in [0, 0.05) is 19.3 Å². The Morgan fingerprint density at radius 1 is 1.41 bits per heavy atom. The molecular formula is C13H18FN3. The maximum atomic E-state index is 13.2. The summed E-state index contributed by atoms with van der Waals surface area (Å²) >= 11 is 0. The fourth-order valence-electron chi connectivity index (χ4n) is 1.72. The molecule has 2 rings (SSSR count). The fraction of sp³-hybridized carbons (Fsp3) is 0.462. The molecule has 0 heterocycles. The zero-order valence-corrected chi connectivity index (χ0v) is 10.2. The molecular weight excluding hydrogens is 217 g/mol. The first-order valence-corrected chi connectivity index (χ1v) is 5.94. The van der Waals surface area contributed by atoms with Crippen LogP contribution in [0.25, 0.3) is 0 Å². The van der Waals surface area contributed by atoms with Crippen LogP contribution in [0, 0.1) is 5.82 Å². The number of anilines is 2. The molecule has 0 radical (unpaired) electrons. The van der Waals surface area contributed by atoms with Crippen LogP contribution in [0.5, 0.6) is 0 Å². The molecule has 1 aliphatic rings. The minimum atomic E-state index is -0.212. The smallest absolute Gasteiger partial charge is 0.125 e. The van der Waals surface area contributed by atoms with E-state index in [1.54, 1.807) is 13.1 Å². The molecule has 0 aliphatic heterocycles. The van der Waals surface area contributed by atoms with Gasteiger partial charge in [0.1, 0.15) is 5.82 Å². The molecule has 1 fully saturated rings. The Bertz CT molecular complexity index is 413. The Labute approximate surface area is 101 Å². The molecule has 1 aromatic carbocycles. The van der Waals surface area contributed by atoms with E-state index in [1.807, 2.05) is 13.1 Å². The van der Waals surface area contributed by atoms with Crippen molar-refractivity contribution in [2.75, 3.05) is 17.7 Å². The zero-order valence-electron chi connectivity index (χ0n) is 10.2. The van der Waals surface area contributed by atoms with Gasteiger partial charge >= 0.3 is 0 Å². The van der Waals surface area contributed by atoms with Crippen molar-refractivity contribution in [1.82, 2.24) is 0 Å². The normalized spacial score (nSPS) is 17.1. The van der Waals surface area contributed by atoms with E-state index in [9.17, 15) is 4.39 Å². The van der Waals surface area contributed by atoms with Crippen molar-refractivity contribution in [3.05, 3.63) is 24.0 Å². The Morgan fingerprint density at radius 2 is 2.18 bits per heavy atom. The summed E-state index contributed by atoms with van der Waals surface area (Å²) in [6.45, 7) is 2.01. The number of hydrogen-bond donors (Lipinski definition) is 2. The predicted molar refractivity (Wildman–Crippen MR) is 70.5 cm³/mol. The van der Waals surface area contributed by atoms with Gasteiger partial charge in [-0.1, -0.05) is 0 Å². The van der Waals surface area contributed by atoms with E-state index in [2.05, 4.69) is 15.6 Å². The number of nitrogens with zero attached hydrogens (tertiary/aromatic N) is 1. The lowest BCUT2D eigenvalue weighted by Crippen LogP contribution is -2.18. The molecule has 0 aromatic heterocycles. The molecule has 4 heteroatoms. The van der Waals surface area contributed by atoms with Gasteiger partial charge in [-0.25, -0.2) is 4.39 Å². The second kappa shape index (κ2) is 5.17. The fourth-order valence-corrected chi connectivity index (χ4v) is 1.72. The topological polar surface area (TPSA) is 36.4 Å². The molecule has 1 aromatic rings. The standard InChI is InChI=1S/C13H18FN3/c1-9(8-15-2)16-12-6-3-10(14)7-13(12)17-11-4-5-11/h3,6-9,11,16-17H,4-5H2,1-2H3.